The third kappa shape index (κ3) is 6.05. The highest BCUT2D eigenvalue weighted by atomic mass is 19.2. The zero-order chi connectivity index (χ0) is 26.4. The van der Waals surface area contributed by atoms with Gasteiger partial charge in [-0.1, -0.05) is 18.2 Å². The molecule has 1 unspecified atom stereocenters. The first-order chi connectivity index (χ1) is 17.9. The second kappa shape index (κ2) is 11.8. The SMILES string of the molecule is CC1=CC(c2ccc(F)c(F)c2)N(N(C=O)CCCN2CCN(c3ccccc3NC=O)CC2)C(=O)N1. The Balaban J connectivity index is 1.36. The van der Waals surface area contributed by atoms with Crippen molar-refractivity contribution in [2.45, 2.75) is 19.4 Å². The Labute approximate surface area is 214 Å². The van der Waals surface area contributed by atoms with E-state index in [0.29, 0.717) is 37.0 Å². The first kappa shape index (κ1) is 26.1. The average molecular weight is 513 g/mol. The predicted molar refractivity (Wildman–Crippen MR) is 135 cm³/mol. The van der Waals surface area contributed by atoms with E-state index in [1.54, 1.807) is 13.0 Å². The molecule has 1 atom stereocenters. The topological polar surface area (TPSA) is 88.2 Å². The van der Waals surface area contributed by atoms with Crippen LogP contribution in [0.3, 0.4) is 0 Å². The van der Waals surface area contributed by atoms with Crippen LogP contribution < -0.4 is 15.5 Å². The second-order valence-electron chi connectivity index (χ2n) is 8.97. The van der Waals surface area contributed by atoms with E-state index in [2.05, 4.69) is 20.4 Å². The largest absolute Gasteiger partial charge is 0.367 e. The molecule has 37 heavy (non-hydrogen) atoms. The maximum atomic E-state index is 13.9. The van der Waals surface area contributed by atoms with Crippen LogP contribution in [0.25, 0.3) is 0 Å². The monoisotopic (exact) mass is 512 g/mol. The number of nitrogens with zero attached hydrogens (tertiary/aromatic N) is 4. The van der Waals surface area contributed by atoms with Crippen molar-refractivity contribution in [1.29, 1.82) is 0 Å². The van der Waals surface area contributed by atoms with Crippen molar-refractivity contribution in [3.05, 3.63) is 71.4 Å². The summed E-state index contributed by atoms with van der Waals surface area (Å²) in [6.45, 7) is 5.86. The lowest BCUT2D eigenvalue weighted by molar-refractivity contribution is -0.132. The van der Waals surface area contributed by atoms with Crippen molar-refractivity contribution < 1.29 is 23.2 Å². The normalized spacial score (nSPS) is 18.2. The van der Waals surface area contributed by atoms with Crippen molar-refractivity contribution in [3.8, 4) is 0 Å². The zero-order valence-corrected chi connectivity index (χ0v) is 20.6. The van der Waals surface area contributed by atoms with Crippen molar-refractivity contribution in [3.63, 3.8) is 0 Å². The third-order valence-corrected chi connectivity index (χ3v) is 6.56. The highest BCUT2D eigenvalue weighted by Crippen LogP contribution is 2.29. The van der Waals surface area contributed by atoms with Crippen LogP contribution in [0.15, 0.2) is 54.2 Å². The Kier molecular flexibility index (Phi) is 8.34. The summed E-state index contributed by atoms with van der Waals surface area (Å²) in [4.78, 5) is 40.2. The van der Waals surface area contributed by atoms with Gasteiger partial charge in [0.1, 0.15) is 6.04 Å². The molecule has 0 aliphatic carbocycles. The number of allylic oxidation sites excluding steroid dienone is 1. The van der Waals surface area contributed by atoms with E-state index >= 15 is 0 Å². The Morgan fingerprint density at radius 1 is 1.08 bits per heavy atom. The van der Waals surface area contributed by atoms with E-state index in [4.69, 9.17) is 0 Å². The summed E-state index contributed by atoms with van der Waals surface area (Å²) in [5.41, 5.74) is 2.67. The molecule has 9 nitrogen and oxygen atoms in total. The van der Waals surface area contributed by atoms with Gasteiger partial charge in [-0.2, -0.15) is 0 Å². The number of amides is 4. The van der Waals surface area contributed by atoms with Gasteiger partial charge >= 0.3 is 6.03 Å². The van der Waals surface area contributed by atoms with Gasteiger partial charge < -0.3 is 15.5 Å². The molecule has 0 bridgehead atoms. The Hall–Kier alpha value is -3.99. The molecule has 4 rings (SSSR count). The minimum atomic E-state index is -1.02. The van der Waals surface area contributed by atoms with Gasteiger partial charge in [0, 0.05) is 45.0 Å². The number of rotatable bonds is 10. The summed E-state index contributed by atoms with van der Waals surface area (Å²) in [6, 6.07) is 9.85. The summed E-state index contributed by atoms with van der Waals surface area (Å²) in [7, 11) is 0. The fraction of sp³-hybridized carbons (Fsp3) is 0.346. The van der Waals surface area contributed by atoms with Crippen LogP contribution in [0.4, 0.5) is 25.0 Å². The molecule has 1 fully saturated rings. The average Bonchev–Trinajstić information content (AvgIpc) is 2.89. The van der Waals surface area contributed by atoms with E-state index in [1.165, 1.54) is 16.1 Å². The van der Waals surface area contributed by atoms with E-state index in [9.17, 15) is 23.2 Å². The summed E-state index contributed by atoms with van der Waals surface area (Å²) in [5, 5.41) is 7.94. The lowest BCUT2D eigenvalue weighted by atomic mass is 10.0. The second-order valence-corrected chi connectivity index (χ2v) is 8.97. The number of benzene rings is 2. The van der Waals surface area contributed by atoms with E-state index in [1.807, 2.05) is 24.3 Å². The molecule has 2 heterocycles. The molecule has 2 aromatic rings. The number of carbonyl (C=O) groups excluding carboxylic acids is 3. The highest BCUT2D eigenvalue weighted by molar-refractivity contribution is 5.81. The van der Waals surface area contributed by atoms with Crippen LogP contribution in [0, 0.1) is 11.6 Å². The van der Waals surface area contributed by atoms with Crippen molar-refractivity contribution in [2.24, 2.45) is 0 Å². The summed E-state index contributed by atoms with van der Waals surface area (Å²) in [6.07, 6.45) is 3.56. The van der Waals surface area contributed by atoms with E-state index in [-0.39, 0.29) is 6.54 Å². The Morgan fingerprint density at radius 2 is 1.84 bits per heavy atom. The minimum absolute atomic E-state index is 0.274. The van der Waals surface area contributed by atoms with Gasteiger partial charge in [0.15, 0.2) is 11.6 Å². The van der Waals surface area contributed by atoms with Gasteiger partial charge in [-0.25, -0.2) is 18.6 Å². The predicted octanol–water partition coefficient (Wildman–Crippen LogP) is 3.09. The summed E-state index contributed by atoms with van der Waals surface area (Å²) < 4.78 is 27.4. The van der Waals surface area contributed by atoms with Gasteiger partial charge in [-0.3, -0.25) is 19.5 Å². The highest BCUT2D eigenvalue weighted by Gasteiger charge is 2.33. The van der Waals surface area contributed by atoms with Crippen LogP contribution in [0.2, 0.25) is 0 Å². The number of nitrogens with one attached hydrogen (secondary N) is 2. The quantitative estimate of drug-likeness (QED) is 0.478. The van der Waals surface area contributed by atoms with Crippen molar-refractivity contribution in [1.82, 2.24) is 20.2 Å². The molecule has 0 radical (unpaired) electrons. The molecular weight excluding hydrogens is 482 g/mol. The number of anilines is 2. The maximum Gasteiger partial charge on any atom is 0.341 e. The number of para-hydroxylation sites is 2. The number of piperazine rings is 1. The molecule has 0 saturated carbocycles. The summed E-state index contributed by atoms with van der Waals surface area (Å²) >= 11 is 0. The molecule has 1 saturated heterocycles. The van der Waals surface area contributed by atoms with Crippen LogP contribution in [-0.4, -0.2) is 73.0 Å². The van der Waals surface area contributed by atoms with Gasteiger partial charge in [-0.05, 0) is 49.2 Å². The van der Waals surface area contributed by atoms with Gasteiger partial charge in [0.05, 0.1) is 11.4 Å². The molecular formula is C26H30F2N6O3. The van der Waals surface area contributed by atoms with E-state index in [0.717, 1.165) is 49.7 Å². The van der Waals surface area contributed by atoms with Gasteiger partial charge in [-0.15, -0.1) is 0 Å². The number of hydrogen-bond acceptors (Lipinski definition) is 5. The minimum Gasteiger partial charge on any atom is -0.367 e. The fourth-order valence-electron chi connectivity index (χ4n) is 4.73. The number of halogens is 2. The Bertz CT molecular complexity index is 1170. The zero-order valence-electron chi connectivity index (χ0n) is 20.6. The first-order valence-electron chi connectivity index (χ1n) is 12.1. The van der Waals surface area contributed by atoms with E-state index < -0.39 is 23.7 Å². The third-order valence-electron chi connectivity index (χ3n) is 6.56. The molecule has 0 aromatic heterocycles. The number of carbonyl (C=O) groups is 3. The molecule has 196 valence electrons. The van der Waals surface area contributed by atoms with Gasteiger partial charge in [0.2, 0.25) is 12.8 Å². The molecule has 11 heteroatoms. The maximum absolute atomic E-state index is 13.9. The molecule has 2 aliphatic rings. The Morgan fingerprint density at radius 3 is 2.54 bits per heavy atom. The molecule has 2 N–H and O–H groups in total. The van der Waals surface area contributed by atoms with Gasteiger partial charge in [0.25, 0.3) is 0 Å². The number of hydrogen-bond donors (Lipinski definition) is 2. The smallest absolute Gasteiger partial charge is 0.341 e. The fourth-order valence-corrected chi connectivity index (χ4v) is 4.73. The van der Waals surface area contributed by atoms with Crippen LogP contribution in [-0.2, 0) is 9.59 Å². The molecule has 0 spiro atoms. The lowest BCUT2D eigenvalue weighted by Gasteiger charge is -2.40. The molecule has 2 aromatic carbocycles. The van der Waals surface area contributed by atoms with Crippen molar-refractivity contribution >= 4 is 30.2 Å². The van der Waals surface area contributed by atoms with Crippen LogP contribution >= 0.6 is 0 Å². The van der Waals surface area contributed by atoms with Crippen LogP contribution in [0.1, 0.15) is 24.9 Å². The first-order valence-corrected chi connectivity index (χ1v) is 12.1. The lowest BCUT2D eigenvalue weighted by Crippen LogP contribution is -2.54. The number of hydrazine groups is 1. The number of urea groups is 1. The van der Waals surface area contributed by atoms with Crippen molar-refractivity contribution in [2.75, 3.05) is 49.5 Å². The summed E-state index contributed by atoms with van der Waals surface area (Å²) in [5.74, 6) is -2.00. The standard InChI is InChI=1S/C26H30F2N6O3/c1-19-15-25(20-7-8-21(27)22(28)16-20)34(26(37)30-19)33(18-36)10-4-9-31-11-13-32(14-12-31)24-6-3-2-5-23(24)29-17-35/h2-3,5-8,15-18,25H,4,9-14H2,1H3,(H,29,35)(H,30,37). The molecule has 2 aliphatic heterocycles. The molecule has 4 amide bonds. The van der Waals surface area contributed by atoms with Crippen LogP contribution in [0.5, 0.6) is 0 Å².